The molecule has 0 saturated carbocycles. The first-order chi connectivity index (χ1) is 22.7. The number of rotatable bonds is 6. The fourth-order valence-corrected chi connectivity index (χ4v) is 5.44. The van der Waals surface area contributed by atoms with Crippen molar-refractivity contribution in [2.45, 2.75) is 9.79 Å². The molecule has 0 radical (unpaired) electrons. The number of fused-ring (bicyclic) bond motifs is 2. The zero-order chi connectivity index (χ0) is 34.6. The topological polar surface area (TPSA) is 263 Å². The largest absolute Gasteiger partial charge is 3.00 e. The van der Waals surface area contributed by atoms with E-state index in [2.05, 4.69) is 20.5 Å². The van der Waals surface area contributed by atoms with E-state index in [0.29, 0.717) is 10.8 Å². The molecular weight excluding hydrogens is 742 g/mol. The molecule has 250 valence electrons. The van der Waals surface area contributed by atoms with Crippen LogP contribution in [-0.4, -0.2) is 22.3 Å². The summed E-state index contributed by atoms with van der Waals surface area (Å²) < 4.78 is 52.2. The van der Waals surface area contributed by atoms with E-state index in [9.17, 15) is 37.6 Å². The molecule has 1 atom stereocenters. The van der Waals surface area contributed by atoms with E-state index in [1.165, 1.54) is 12.1 Å². The summed E-state index contributed by atoms with van der Waals surface area (Å²) in [6.07, 6.45) is 0. The van der Waals surface area contributed by atoms with Gasteiger partial charge < -0.3 is 25.0 Å². The molecule has 0 fully saturated rings. The van der Waals surface area contributed by atoms with Crippen molar-refractivity contribution in [3.05, 3.63) is 109 Å². The van der Waals surface area contributed by atoms with Crippen LogP contribution in [0.2, 0.25) is 0 Å². The number of phenolic OH excluding ortho intramolecular Hbond substituents is 1. The van der Waals surface area contributed by atoms with Crippen molar-refractivity contribution in [1.29, 1.82) is 4.78 Å². The van der Waals surface area contributed by atoms with Crippen LogP contribution in [0.4, 0.5) is 22.7 Å². The maximum Gasteiger partial charge on any atom is 3.00 e. The molecule has 4 N–H and O–H groups in total. The Balaban J connectivity index is 0.000000260. The van der Waals surface area contributed by atoms with Crippen LogP contribution in [0.5, 0.6) is 23.0 Å². The third-order valence-electron chi connectivity index (χ3n) is 6.76. The fourth-order valence-electron chi connectivity index (χ4n) is 4.39. The summed E-state index contributed by atoms with van der Waals surface area (Å²) in [6, 6.07) is 26.7. The number of hydrogen-bond acceptors (Lipinski definition) is 13. The van der Waals surface area contributed by atoms with Gasteiger partial charge in [-0.3, -0.25) is 8.99 Å². The van der Waals surface area contributed by atoms with Crippen LogP contribution in [0.1, 0.15) is 0 Å². The van der Waals surface area contributed by atoms with Gasteiger partial charge in [0.05, 0.1) is 22.0 Å². The molecule has 0 saturated heterocycles. The summed E-state index contributed by atoms with van der Waals surface area (Å²) in [5.41, 5.74) is -0.190. The summed E-state index contributed by atoms with van der Waals surface area (Å²) in [7, 11) is -8.18. The second kappa shape index (κ2) is 16.5. The molecule has 18 heteroatoms. The average Bonchev–Trinajstić information content (AvgIpc) is 3.04. The van der Waals surface area contributed by atoms with Gasteiger partial charge in [-0.05, 0) is 41.1 Å². The molecule has 0 amide bonds. The number of primary sulfonamides is 1. The summed E-state index contributed by atoms with van der Waals surface area (Å²) in [5.74, 6) is -1.54. The molecule has 0 aliphatic carbocycles. The van der Waals surface area contributed by atoms with E-state index in [1.807, 2.05) is 18.2 Å². The number of azo groups is 2. The molecule has 0 aliphatic rings. The van der Waals surface area contributed by atoms with Crippen LogP contribution in [0.3, 0.4) is 0 Å². The van der Waals surface area contributed by atoms with E-state index in [1.54, 1.807) is 42.5 Å². The van der Waals surface area contributed by atoms with E-state index in [0.717, 1.165) is 47.2 Å². The van der Waals surface area contributed by atoms with Crippen LogP contribution in [0, 0.1) is 4.78 Å². The van der Waals surface area contributed by atoms with Crippen LogP contribution in [0.15, 0.2) is 139 Å². The smallest absolute Gasteiger partial charge is 0.871 e. The molecule has 0 bridgehead atoms. The molecule has 6 aromatic rings. The van der Waals surface area contributed by atoms with Gasteiger partial charge in [-0.15, -0.1) is 5.11 Å². The van der Waals surface area contributed by atoms with Gasteiger partial charge in [0.2, 0.25) is 10.0 Å². The molecule has 50 heavy (non-hydrogen) atoms. The number of nitrogens with two attached hydrogens (primary N) is 1. The van der Waals surface area contributed by atoms with Gasteiger partial charge in [-0.2, -0.15) is 15.3 Å². The number of hydrogen-bond donors (Lipinski definition) is 3. The number of aromatic hydroxyl groups is 1. The van der Waals surface area contributed by atoms with Gasteiger partial charge in [0.15, 0.2) is 0 Å². The Hall–Kier alpha value is -4.43. The van der Waals surface area contributed by atoms with Crippen LogP contribution < -0.4 is 50.0 Å². The molecule has 1 unspecified atom stereocenters. The second-order valence-electron chi connectivity index (χ2n) is 10.00. The first kappa shape index (κ1) is 40.0. The minimum atomic E-state index is -4.22. The van der Waals surface area contributed by atoms with E-state index in [4.69, 9.17) is 9.92 Å². The third-order valence-corrected chi connectivity index (χ3v) is 8.54. The Morgan fingerprint density at radius 2 is 1.04 bits per heavy atom. The molecule has 0 spiro atoms. The summed E-state index contributed by atoms with van der Waals surface area (Å²) in [5, 5.41) is 68.8. The molecule has 0 aliphatic heterocycles. The average molecular weight is 765 g/mol. The van der Waals surface area contributed by atoms with E-state index in [-0.39, 0.29) is 90.4 Å². The first-order valence-corrected chi connectivity index (χ1v) is 16.6. The van der Waals surface area contributed by atoms with Gasteiger partial charge in [0.1, 0.15) is 11.4 Å². The van der Waals surface area contributed by atoms with Gasteiger partial charge in [-0.1, -0.05) is 96.1 Å². The molecule has 6 aromatic carbocycles. The summed E-state index contributed by atoms with van der Waals surface area (Å²) in [4.78, 5) is -0.602. The predicted octanol–water partition coefficient (Wildman–Crippen LogP) is 2.62. The van der Waals surface area contributed by atoms with Crippen molar-refractivity contribution in [3.8, 4) is 23.0 Å². The van der Waals surface area contributed by atoms with Gasteiger partial charge in [-0.25, -0.2) is 13.6 Å². The molecule has 6 rings (SSSR count). The van der Waals surface area contributed by atoms with Crippen molar-refractivity contribution in [2.75, 3.05) is 0 Å². The standard InChI is InChI=1S/2C16H13N3O4S.Co.Na/c2*17-24(22,23)11-6-8-14(20)13(9-11)18-19-16-12-4-2-1-3-10(12)5-7-15(16)21;;/h2*1-9,20-21H,(H2,17,22,23);;/q;;+3;+1/p-4. The third kappa shape index (κ3) is 9.41. The van der Waals surface area contributed by atoms with Crippen molar-refractivity contribution < 1.29 is 83.9 Å². The van der Waals surface area contributed by atoms with Crippen LogP contribution >= 0.6 is 0 Å². The number of sulfonamides is 1. The van der Waals surface area contributed by atoms with Crippen LogP contribution in [0.25, 0.3) is 21.5 Å². The fraction of sp³-hybridized carbons (Fsp3) is 0. The number of nitrogens with one attached hydrogen (secondary N) is 1. The van der Waals surface area contributed by atoms with Gasteiger partial charge >= 0.3 is 46.3 Å². The van der Waals surface area contributed by atoms with Gasteiger partial charge in [0.25, 0.3) is 0 Å². The quantitative estimate of drug-likeness (QED) is 0.167. The molecule has 14 nitrogen and oxygen atoms in total. The normalized spacial score (nSPS) is 12.5. The number of benzene rings is 6. The number of phenols is 1. The zero-order valence-corrected chi connectivity index (χ0v) is 30.4. The van der Waals surface area contributed by atoms with Crippen molar-refractivity contribution >= 4 is 64.3 Å². The summed E-state index contributed by atoms with van der Waals surface area (Å²) >= 11 is 0. The van der Waals surface area contributed by atoms with Gasteiger partial charge in [0, 0.05) is 25.7 Å². The molecule has 0 aromatic heterocycles. The number of nitrogens with zero attached hydrogens (tertiary/aromatic N) is 4. The van der Waals surface area contributed by atoms with Crippen molar-refractivity contribution in [2.24, 2.45) is 25.6 Å². The molecule has 0 heterocycles. The van der Waals surface area contributed by atoms with E-state index >= 15 is 0 Å². The maximum atomic E-state index is 12.0. The van der Waals surface area contributed by atoms with Crippen molar-refractivity contribution in [3.63, 3.8) is 0 Å². The predicted molar refractivity (Wildman–Crippen MR) is 170 cm³/mol. The Kier molecular flexibility index (Phi) is 13.2. The Morgan fingerprint density at radius 3 is 1.58 bits per heavy atom. The molecular formula is C32H22CoN6NaO8S2. The second-order valence-corrected chi connectivity index (χ2v) is 13.0. The Labute approximate surface area is 318 Å². The Morgan fingerprint density at radius 1 is 0.600 bits per heavy atom. The maximum absolute atomic E-state index is 12.0. The van der Waals surface area contributed by atoms with Crippen molar-refractivity contribution in [1.82, 2.24) is 0 Å². The summed E-state index contributed by atoms with van der Waals surface area (Å²) in [6.45, 7) is 0. The Bertz CT molecular complexity index is 2310. The minimum Gasteiger partial charge on any atom is -0.871 e. The monoisotopic (exact) mass is 764 g/mol. The first-order valence-electron chi connectivity index (χ1n) is 13.6. The SMILES string of the molecule is N=S(=O)([O-])c1ccc([O-])c(N=Nc2c([O-])ccc3ccccc23)c1.NS(=O)(=O)c1ccc([O-])c(N=Nc2c(O)ccc3ccccc23)c1.[Co+3].[Na+]. The van der Waals surface area contributed by atoms with Crippen LogP contribution in [-0.2, 0) is 36.8 Å². The minimum absolute atomic E-state index is 0. The zero-order valence-electron chi connectivity index (χ0n) is 25.7. The van der Waals surface area contributed by atoms with E-state index < -0.39 is 31.5 Å².